The Morgan fingerprint density at radius 2 is 2.62 bits per heavy atom. The van der Waals surface area contributed by atoms with Gasteiger partial charge in [-0.25, -0.2) is 5.84 Å². The van der Waals surface area contributed by atoms with Crippen molar-refractivity contribution in [2.75, 3.05) is 6.54 Å². The van der Waals surface area contributed by atoms with E-state index in [9.17, 15) is 4.79 Å². The lowest BCUT2D eigenvalue weighted by molar-refractivity contribution is -0.135. The van der Waals surface area contributed by atoms with Gasteiger partial charge in [0.05, 0.1) is 6.34 Å². The molecule has 4 N–H and O–H groups in total. The van der Waals surface area contributed by atoms with Gasteiger partial charge in [-0.3, -0.25) is 9.79 Å². The van der Waals surface area contributed by atoms with Crippen LogP contribution in [0, 0.1) is 0 Å². The molecule has 0 radical (unpaired) electrons. The Balaban J connectivity index is 3.16. The van der Waals surface area contributed by atoms with Crippen LogP contribution in [0.2, 0.25) is 0 Å². The lowest BCUT2D eigenvalue weighted by Crippen LogP contribution is -2.19. The minimum Gasteiger partial charge on any atom is -0.480 e. The third-order valence-corrected chi connectivity index (χ3v) is 0.392. The van der Waals surface area contributed by atoms with E-state index in [1.165, 1.54) is 0 Å². The van der Waals surface area contributed by atoms with E-state index >= 15 is 0 Å². The van der Waals surface area contributed by atoms with Crippen LogP contribution in [-0.4, -0.2) is 24.0 Å². The van der Waals surface area contributed by atoms with Gasteiger partial charge >= 0.3 is 5.97 Å². The molecule has 0 fully saturated rings. The number of nitrogens with one attached hydrogen (secondary N) is 1. The molecule has 0 saturated heterocycles. The minimum absolute atomic E-state index is 0.246. The maximum atomic E-state index is 9.69. The highest BCUT2D eigenvalue weighted by Gasteiger charge is 1.87. The van der Waals surface area contributed by atoms with Crippen LogP contribution in [0.15, 0.2) is 4.99 Å². The predicted octanol–water partition coefficient (Wildman–Crippen LogP) is -1.44. The molecule has 46 valence electrons. The summed E-state index contributed by atoms with van der Waals surface area (Å²) in [6.45, 7) is -0.246. The van der Waals surface area contributed by atoms with Crippen LogP contribution in [0.25, 0.3) is 0 Å². The quantitative estimate of drug-likeness (QED) is 0.183. The Morgan fingerprint density at radius 1 is 2.00 bits per heavy atom. The van der Waals surface area contributed by atoms with E-state index in [0.29, 0.717) is 0 Å². The number of carboxylic acids is 1. The summed E-state index contributed by atoms with van der Waals surface area (Å²) in [6.07, 6.45) is 1.12. The number of carboxylic acid groups (broad SMARTS) is 1. The molecule has 0 amide bonds. The zero-order valence-corrected chi connectivity index (χ0v) is 4.16. The molecule has 5 heteroatoms. The van der Waals surface area contributed by atoms with Crippen molar-refractivity contribution in [2.45, 2.75) is 0 Å². The fourth-order valence-electron chi connectivity index (χ4n) is 0.176. The summed E-state index contributed by atoms with van der Waals surface area (Å²) in [5.74, 6) is 3.75. The molecule has 0 aliphatic heterocycles. The summed E-state index contributed by atoms with van der Waals surface area (Å²) in [5, 5.41) is 7.96. The first-order valence-corrected chi connectivity index (χ1v) is 1.93. The molecule has 0 unspecified atom stereocenters. The van der Waals surface area contributed by atoms with E-state index in [2.05, 4.69) is 10.4 Å². The Hall–Kier alpha value is -1.10. The third-order valence-electron chi connectivity index (χ3n) is 0.392. The number of rotatable bonds is 3. The number of nitrogens with zero attached hydrogens (tertiary/aromatic N) is 1. The van der Waals surface area contributed by atoms with Crippen LogP contribution in [0.1, 0.15) is 0 Å². The lowest BCUT2D eigenvalue weighted by Gasteiger charge is -1.83. The molecule has 8 heavy (non-hydrogen) atoms. The minimum atomic E-state index is -0.975. The number of hydrogen-bond acceptors (Lipinski definition) is 3. The van der Waals surface area contributed by atoms with E-state index in [1.54, 1.807) is 0 Å². The molecular weight excluding hydrogens is 110 g/mol. The van der Waals surface area contributed by atoms with Gasteiger partial charge in [0.15, 0.2) is 0 Å². The SMILES string of the molecule is NNC=NCC(=O)O. The van der Waals surface area contributed by atoms with Crippen molar-refractivity contribution < 1.29 is 9.90 Å². The molecule has 0 aromatic carbocycles. The molecule has 0 aromatic rings. The van der Waals surface area contributed by atoms with Crippen molar-refractivity contribution in [3.63, 3.8) is 0 Å². The van der Waals surface area contributed by atoms with Gasteiger partial charge in [-0.05, 0) is 0 Å². The molecule has 0 aliphatic carbocycles. The van der Waals surface area contributed by atoms with Gasteiger partial charge in [0.2, 0.25) is 0 Å². The topological polar surface area (TPSA) is 87.7 Å². The Bertz CT molecular complexity index is 101. The second kappa shape index (κ2) is 4.07. The number of nitrogens with two attached hydrogens (primary N) is 1. The molecule has 0 aromatic heterocycles. The predicted molar refractivity (Wildman–Crippen MR) is 28.3 cm³/mol. The largest absolute Gasteiger partial charge is 0.480 e. The maximum Gasteiger partial charge on any atom is 0.325 e. The van der Waals surface area contributed by atoms with Crippen molar-refractivity contribution in [3.05, 3.63) is 0 Å². The van der Waals surface area contributed by atoms with Crippen molar-refractivity contribution in [1.29, 1.82) is 0 Å². The zero-order chi connectivity index (χ0) is 6.41. The molecule has 5 nitrogen and oxygen atoms in total. The van der Waals surface area contributed by atoms with Crippen LogP contribution in [0.3, 0.4) is 0 Å². The first-order chi connectivity index (χ1) is 3.77. The van der Waals surface area contributed by atoms with Crippen LogP contribution in [-0.2, 0) is 4.79 Å². The van der Waals surface area contributed by atoms with E-state index in [0.717, 1.165) is 6.34 Å². The second-order valence-corrected chi connectivity index (χ2v) is 1.03. The summed E-state index contributed by atoms with van der Waals surface area (Å²) >= 11 is 0. The highest BCUT2D eigenvalue weighted by atomic mass is 16.4. The highest BCUT2D eigenvalue weighted by molar-refractivity contribution is 5.71. The molecule has 0 spiro atoms. The number of carbonyl (C=O) groups is 1. The van der Waals surface area contributed by atoms with E-state index in [-0.39, 0.29) is 6.54 Å². The average Bonchev–Trinajstić information content (AvgIpc) is 1.66. The molecule has 0 aliphatic rings. The summed E-state index contributed by atoms with van der Waals surface area (Å²) in [7, 11) is 0. The van der Waals surface area contributed by atoms with Gasteiger partial charge in [-0.1, -0.05) is 0 Å². The maximum absolute atomic E-state index is 9.69. The number of aliphatic carboxylic acids is 1. The number of aliphatic imine (C=N–C) groups is 1. The van der Waals surface area contributed by atoms with Crippen LogP contribution >= 0.6 is 0 Å². The smallest absolute Gasteiger partial charge is 0.325 e. The third kappa shape index (κ3) is 4.90. The van der Waals surface area contributed by atoms with Crippen LogP contribution < -0.4 is 11.3 Å². The molecular formula is C3H7N3O2. The molecule has 0 atom stereocenters. The fourth-order valence-corrected chi connectivity index (χ4v) is 0.176. The van der Waals surface area contributed by atoms with Gasteiger partial charge in [0.25, 0.3) is 0 Å². The van der Waals surface area contributed by atoms with Gasteiger partial charge in [-0.2, -0.15) is 0 Å². The van der Waals surface area contributed by atoms with Crippen molar-refractivity contribution in [3.8, 4) is 0 Å². The van der Waals surface area contributed by atoms with Crippen LogP contribution in [0.5, 0.6) is 0 Å². The first-order valence-electron chi connectivity index (χ1n) is 1.93. The van der Waals surface area contributed by atoms with E-state index in [1.807, 2.05) is 0 Å². The Morgan fingerprint density at radius 3 is 3.00 bits per heavy atom. The van der Waals surface area contributed by atoms with Gasteiger partial charge in [0.1, 0.15) is 6.54 Å². The second-order valence-electron chi connectivity index (χ2n) is 1.03. The normalized spacial score (nSPS) is 9.62. The summed E-state index contributed by atoms with van der Waals surface area (Å²) < 4.78 is 0. The summed E-state index contributed by atoms with van der Waals surface area (Å²) in [4.78, 5) is 13.0. The monoisotopic (exact) mass is 117 g/mol. The Labute approximate surface area is 46.2 Å². The lowest BCUT2D eigenvalue weighted by atomic mass is 10.7. The molecule has 0 bridgehead atoms. The van der Waals surface area contributed by atoms with Crippen LogP contribution in [0.4, 0.5) is 0 Å². The van der Waals surface area contributed by atoms with E-state index in [4.69, 9.17) is 10.9 Å². The summed E-state index contributed by atoms with van der Waals surface area (Å²) in [6, 6.07) is 0. The summed E-state index contributed by atoms with van der Waals surface area (Å²) in [5.41, 5.74) is 2.07. The highest BCUT2D eigenvalue weighted by Crippen LogP contribution is 1.63. The molecule has 0 rings (SSSR count). The van der Waals surface area contributed by atoms with Gasteiger partial charge in [0, 0.05) is 0 Å². The van der Waals surface area contributed by atoms with Crippen molar-refractivity contribution in [2.24, 2.45) is 10.8 Å². The van der Waals surface area contributed by atoms with Gasteiger partial charge in [-0.15, -0.1) is 0 Å². The average molecular weight is 117 g/mol. The molecule has 0 heterocycles. The van der Waals surface area contributed by atoms with E-state index < -0.39 is 5.97 Å². The van der Waals surface area contributed by atoms with Crippen molar-refractivity contribution in [1.82, 2.24) is 5.43 Å². The number of hydrogen-bond donors (Lipinski definition) is 3. The fraction of sp³-hybridized carbons (Fsp3) is 0.333. The standard InChI is InChI=1S/C3H7N3O2/c4-6-2-5-1-3(7)8/h2H,1,4H2,(H,5,6)(H,7,8). The zero-order valence-electron chi connectivity index (χ0n) is 4.16. The van der Waals surface area contributed by atoms with Crippen molar-refractivity contribution >= 4 is 12.3 Å². The number of hydrazine groups is 1. The molecule has 0 saturated carbocycles. The van der Waals surface area contributed by atoms with Gasteiger partial charge < -0.3 is 10.5 Å². The Kier molecular flexibility index (Phi) is 3.51. The first kappa shape index (κ1) is 6.90.